The van der Waals surface area contributed by atoms with E-state index < -0.39 is 6.10 Å². The monoisotopic (exact) mass is 246 g/mol. The summed E-state index contributed by atoms with van der Waals surface area (Å²) in [5.41, 5.74) is 1.85. The standard InChI is InChI=1S/C13H14N2O3/c14-6-7-15-13(17)8-18-12-3-1-2-9-10(12)4-5-11(9)16/h1-3,11,16H,4-5,7-8H2,(H,15,17). The Morgan fingerprint density at radius 2 is 2.44 bits per heavy atom. The molecule has 1 aromatic rings. The summed E-state index contributed by atoms with van der Waals surface area (Å²) in [6, 6.07) is 7.28. The number of amides is 1. The van der Waals surface area contributed by atoms with Gasteiger partial charge in [0.15, 0.2) is 6.61 Å². The number of carbonyl (C=O) groups is 1. The summed E-state index contributed by atoms with van der Waals surface area (Å²) in [5.74, 6) is 0.309. The molecule has 0 heterocycles. The van der Waals surface area contributed by atoms with Crippen LogP contribution in [0.2, 0.25) is 0 Å². The average Bonchev–Trinajstić information content (AvgIpc) is 2.76. The molecule has 1 amide bonds. The molecule has 0 fully saturated rings. The summed E-state index contributed by atoms with van der Waals surface area (Å²) in [6.07, 6.45) is 1.01. The molecule has 2 N–H and O–H groups in total. The Morgan fingerprint density at radius 3 is 3.22 bits per heavy atom. The number of hydrogen-bond acceptors (Lipinski definition) is 4. The van der Waals surface area contributed by atoms with Gasteiger partial charge in [0.25, 0.3) is 5.91 Å². The van der Waals surface area contributed by atoms with Crippen molar-refractivity contribution in [3.8, 4) is 11.8 Å². The third-order valence-corrected chi connectivity index (χ3v) is 2.92. The van der Waals surface area contributed by atoms with Gasteiger partial charge >= 0.3 is 0 Å². The number of aliphatic hydroxyl groups excluding tert-OH is 1. The molecule has 0 aliphatic heterocycles. The van der Waals surface area contributed by atoms with Gasteiger partial charge in [0, 0.05) is 5.56 Å². The van der Waals surface area contributed by atoms with Crippen LogP contribution in [0, 0.1) is 11.3 Å². The van der Waals surface area contributed by atoms with Crippen LogP contribution >= 0.6 is 0 Å². The van der Waals surface area contributed by atoms with Crippen LogP contribution in [-0.2, 0) is 11.2 Å². The van der Waals surface area contributed by atoms with Crippen LogP contribution in [0.4, 0.5) is 0 Å². The SMILES string of the molecule is N#CCNC(=O)COc1cccc2c1CCC2O. The number of nitriles is 1. The van der Waals surface area contributed by atoms with E-state index in [1.54, 1.807) is 12.1 Å². The maximum absolute atomic E-state index is 11.3. The van der Waals surface area contributed by atoms with Crippen molar-refractivity contribution in [3.05, 3.63) is 29.3 Å². The molecule has 94 valence electrons. The smallest absolute Gasteiger partial charge is 0.258 e. The summed E-state index contributed by atoms with van der Waals surface area (Å²) < 4.78 is 5.42. The molecule has 0 bridgehead atoms. The number of rotatable bonds is 4. The van der Waals surface area contributed by atoms with Gasteiger partial charge in [0.2, 0.25) is 0 Å². The van der Waals surface area contributed by atoms with Gasteiger partial charge in [0.1, 0.15) is 12.3 Å². The van der Waals surface area contributed by atoms with Crippen molar-refractivity contribution in [2.45, 2.75) is 18.9 Å². The minimum Gasteiger partial charge on any atom is -0.483 e. The zero-order chi connectivity index (χ0) is 13.0. The van der Waals surface area contributed by atoms with Crippen molar-refractivity contribution in [2.24, 2.45) is 0 Å². The van der Waals surface area contributed by atoms with Crippen molar-refractivity contribution < 1.29 is 14.6 Å². The number of nitrogens with one attached hydrogen (secondary N) is 1. The highest BCUT2D eigenvalue weighted by atomic mass is 16.5. The number of ether oxygens (including phenoxy) is 1. The number of aliphatic hydroxyl groups is 1. The van der Waals surface area contributed by atoms with Gasteiger partial charge in [-0.1, -0.05) is 12.1 Å². The van der Waals surface area contributed by atoms with Crippen LogP contribution in [-0.4, -0.2) is 24.2 Å². The fourth-order valence-electron chi connectivity index (χ4n) is 2.07. The molecule has 0 radical (unpaired) electrons. The summed E-state index contributed by atoms with van der Waals surface area (Å²) in [4.78, 5) is 11.3. The first-order valence-corrected chi connectivity index (χ1v) is 5.78. The average molecular weight is 246 g/mol. The fourth-order valence-corrected chi connectivity index (χ4v) is 2.07. The Bertz CT molecular complexity index is 493. The first kappa shape index (κ1) is 12.4. The maximum Gasteiger partial charge on any atom is 0.258 e. The summed E-state index contributed by atoms with van der Waals surface area (Å²) in [5, 5.41) is 20.5. The topological polar surface area (TPSA) is 82.4 Å². The molecule has 5 heteroatoms. The van der Waals surface area contributed by atoms with Crippen LogP contribution in [0.1, 0.15) is 23.7 Å². The lowest BCUT2D eigenvalue weighted by atomic mass is 10.1. The van der Waals surface area contributed by atoms with E-state index in [-0.39, 0.29) is 19.1 Å². The van der Waals surface area contributed by atoms with Crippen LogP contribution < -0.4 is 10.1 Å². The maximum atomic E-state index is 11.3. The zero-order valence-electron chi connectivity index (χ0n) is 9.85. The number of carbonyl (C=O) groups excluding carboxylic acids is 1. The van der Waals surface area contributed by atoms with Crippen LogP contribution in [0.25, 0.3) is 0 Å². The Labute approximate surface area is 105 Å². The Hall–Kier alpha value is -2.06. The number of nitrogens with zero attached hydrogens (tertiary/aromatic N) is 1. The van der Waals surface area contributed by atoms with Crippen molar-refractivity contribution in [1.82, 2.24) is 5.32 Å². The quantitative estimate of drug-likeness (QED) is 0.765. The highest BCUT2D eigenvalue weighted by Gasteiger charge is 2.23. The van der Waals surface area contributed by atoms with E-state index in [1.165, 1.54) is 0 Å². The summed E-state index contributed by atoms with van der Waals surface area (Å²) in [6.45, 7) is -0.137. The van der Waals surface area contributed by atoms with Gasteiger partial charge in [-0.2, -0.15) is 5.26 Å². The number of benzene rings is 1. The Kier molecular flexibility index (Phi) is 3.80. The van der Waals surface area contributed by atoms with E-state index in [9.17, 15) is 9.90 Å². The minimum atomic E-state index is -0.434. The van der Waals surface area contributed by atoms with Crippen LogP contribution in [0.5, 0.6) is 5.75 Å². The number of hydrogen-bond donors (Lipinski definition) is 2. The van der Waals surface area contributed by atoms with E-state index in [0.717, 1.165) is 17.5 Å². The van der Waals surface area contributed by atoms with Crippen molar-refractivity contribution in [3.63, 3.8) is 0 Å². The van der Waals surface area contributed by atoms with Crippen LogP contribution in [0.15, 0.2) is 18.2 Å². The van der Waals surface area contributed by atoms with Gasteiger partial charge in [-0.25, -0.2) is 0 Å². The van der Waals surface area contributed by atoms with Gasteiger partial charge in [-0.3, -0.25) is 4.79 Å². The molecule has 1 aromatic carbocycles. The Morgan fingerprint density at radius 1 is 1.61 bits per heavy atom. The highest BCUT2D eigenvalue weighted by molar-refractivity contribution is 5.77. The van der Waals surface area contributed by atoms with Gasteiger partial charge in [0.05, 0.1) is 12.2 Å². The van der Waals surface area contributed by atoms with Gasteiger partial charge in [-0.15, -0.1) is 0 Å². The van der Waals surface area contributed by atoms with Crippen molar-refractivity contribution in [1.29, 1.82) is 5.26 Å². The third kappa shape index (κ3) is 2.60. The molecule has 1 aliphatic carbocycles. The predicted octanol–water partition coefficient (Wildman–Crippen LogP) is 0.685. The molecule has 0 saturated carbocycles. The van der Waals surface area contributed by atoms with E-state index >= 15 is 0 Å². The van der Waals surface area contributed by atoms with E-state index in [0.29, 0.717) is 12.2 Å². The largest absolute Gasteiger partial charge is 0.483 e. The first-order valence-electron chi connectivity index (χ1n) is 5.78. The molecule has 2 rings (SSSR count). The second kappa shape index (κ2) is 5.52. The Balaban J connectivity index is 1.99. The minimum absolute atomic E-state index is 0.0200. The van der Waals surface area contributed by atoms with Crippen molar-refractivity contribution >= 4 is 5.91 Å². The van der Waals surface area contributed by atoms with E-state index in [4.69, 9.17) is 10.00 Å². The van der Waals surface area contributed by atoms with Crippen LogP contribution in [0.3, 0.4) is 0 Å². The lowest BCUT2D eigenvalue weighted by Crippen LogP contribution is -2.29. The molecule has 0 aromatic heterocycles. The summed E-state index contributed by atoms with van der Waals surface area (Å²) in [7, 11) is 0. The predicted molar refractivity (Wildman–Crippen MR) is 63.8 cm³/mol. The molecule has 1 unspecified atom stereocenters. The molecule has 0 spiro atoms. The van der Waals surface area contributed by atoms with E-state index in [1.807, 2.05) is 12.1 Å². The lowest BCUT2D eigenvalue weighted by molar-refractivity contribution is -0.122. The van der Waals surface area contributed by atoms with Gasteiger partial charge < -0.3 is 15.2 Å². The zero-order valence-corrected chi connectivity index (χ0v) is 9.85. The van der Waals surface area contributed by atoms with Gasteiger partial charge in [-0.05, 0) is 24.5 Å². The normalized spacial score (nSPS) is 16.8. The molecular weight excluding hydrogens is 232 g/mol. The third-order valence-electron chi connectivity index (χ3n) is 2.92. The van der Waals surface area contributed by atoms with Crippen molar-refractivity contribution in [2.75, 3.05) is 13.2 Å². The molecule has 18 heavy (non-hydrogen) atoms. The lowest BCUT2D eigenvalue weighted by Gasteiger charge is -2.10. The molecule has 0 saturated heterocycles. The molecule has 5 nitrogen and oxygen atoms in total. The highest BCUT2D eigenvalue weighted by Crippen LogP contribution is 2.36. The summed E-state index contributed by atoms with van der Waals surface area (Å²) >= 11 is 0. The number of fused-ring (bicyclic) bond motifs is 1. The molecule has 1 atom stereocenters. The molecular formula is C13H14N2O3. The van der Waals surface area contributed by atoms with E-state index in [2.05, 4.69) is 5.32 Å². The first-order chi connectivity index (χ1) is 8.72. The second-order valence-electron chi connectivity index (χ2n) is 4.10. The fraction of sp³-hybridized carbons (Fsp3) is 0.385. The second-order valence-corrected chi connectivity index (χ2v) is 4.10. The molecule has 1 aliphatic rings.